The van der Waals surface area contributed by atoms with Gasteiger partial charge in [-0.3, -0.25) is 4.79 Å². The number of halogens is 1. The van der Waals surface area contributed by atoms with Crippen LogP contribution >= 0.6 is 0 Å². The van der Waals surface area contributed by atoms with Gasteiger partial charge >= 0.3 is 0 Å². The fourth-order valence-electron chi connectivity index (χ4n) is 3.42. The highest BCUT2D eigenvalue weighted by molar-refractivity contribution is 5.83. The zero-order chi connectivity index (χ0) is 18.4. The summed E-state index contributed by atoms with van der Waals surface area (Å²) in [5.74, 6) is 0.0697. The van der Waals surface area contributed by atoms with Gasteiger partial charge in [-0.25, -0.2) is 4.39 Å². The number of benzene rings is 1. The Hall–Kier alpha value is -2.14. The number of ether oxygens (including phenoxy) is 1. The lowest BCUT2D eigenvalue weighted by atomic mass is 9.93. The van der Waals surface area contributed by atoms with Crippen LogP contribution in [0.15, 0.2) is 47.1 Å². The van der Waals surface area contributed by atoms with Crippen molar-refractivity contribution in [2.24, 2.45) is 0 Å². The van der Waals surface area contributed by atoms with Crippen LogP contribution < -0.4 is 0 Å². The van der Waals surface area contributed by atoms with Crippen LogP contribution in [0, 0.1) is 5.82 Å². The molecule has 26 heavy (non-hydrogen) atoms. The molecule has 0 bridgehead atoms. The van der Waals surface area contributed by atoms with E-state index in [4.69, 9.17) is 9.15 Å². The first-order valence-electron chi connectivity index (χ1n) is 9.28. The van der Waals surface area contributed by atoms with Crippen molar-refractivity contribution in [2.75, 3.05) is 20.2 Å². The van der Waals surface area contributed by atoms with E-state index in [2.05, 4.69) is 0 Å². The molecule has 1 aliphatic rings. The van der Waals surface area contributed by atoms with Crippen molar-refractivity contribution < 1.29 is 18.3 Å². The number of carbonyl (C=O) groups excluding carboxylic acids is 1. The van der Waals surface area contributed by atoms with Gasteiger partial charge in [0, 0.05) is 26.6 Å². The summed E-state index contributed by atoms with van der Waals surface area (Å²) in [4.78, 5) is 14.8. The van der Waals surface area contributed by atoms with E-state index in [0.717, 1.165) is 37.2 Å². The summed E-state index contributed by atoms with van der Waals surface area (Å²) in [5.41, 5.74) is 0.800. The Morgan fingerprint density at radius 1 is 1.27 bits per heavy atom. The number of carbonyl (C=O) groups is 1. The molecule has 0 radical (unpaired) electrons. The Morgan fingerprint density at radius 3 is 2.73 bits per heavy atom. The van der Waals surface area contributed by atoms with Gasteiger partial charge in [0.2, 0.25) is 5.91 Å². The number of amides is 1. The van der Waals surface area contributed by atoms with E-state index < -0.39 is 0 Å². The van der Waals surface area contributed by atoms with Crippen LogP contribution in [0.2, 0.25) is 0 Å². The van der Waals surface area contributed by atoms with Crippen molar-refractivity contribution in [3.05, 3.63) is 59.8 Å². The Morgan fingerprint density at radius 2 is 2.08 bits per heavy atom. The fourth-order valence-corrected chi connectivity index (χ4v) is 3.42. The maximum atomic E-state index is 13.3. The monoisotopic (exact) mass is 359 g/mol. The van der Waals surface area contributed by atoms with E-state index in [1.165, 1.54) is 18.6 Å². The number of likely N-dealkylation sites (N-methyl/N-ethyl adjacent to an activating group) is 1. The van der Waals surface area contributed by atoms with E-state index >= 15 is 0 Å². The Labute approximate surface area is 153 Å². The molecular weight excluding hydrogens is 333 g/mol. The smallest absolute Gasteiger partial charge is 0.230 e. The molecule has 0 aliphatic carbocycles. The third-order valence-corrected chi connectivity index (χ3v) is 4.99. The molecular formula is C21H26FNO3. The molecule has 0 saturated carbocycles. The second-order valence-electron chi connectivity index (χ2n) is 6.92. The normalized spacial score (nSPS) is 18.5. The van der Waals surface area contributed by atoms with Gasteiger partial charge in [-0.15, -0.1) is 0 Å². The summed E-state index contributed by atoms with van der Waals surface area (Å²) in [6, 6.07) is 9.82. The molecule has 2 aromatic rings. The average Bonchev–Trinajstić information content (AvgIpc) is 3.18. The Bertz CT molecular complexity index is 678. The summed E-state index contributed by atoms with van der Waals surface area (Å²) in [6.07, 6.45) is 6.54. The van der Waals surface area contributed by atoms with Crippen LogP contribution in [0.4, 0.5) is 4.39 Å². The minimum atomic E-state index is -0.390. The molecule has 2 atom stereocenters. The van der Waals surface area contributed by atoms with Gasteiger partial charge in [0.05, 0.1) is 18.3 Å². The van der Waals surface area contributed by atoms with Crippen molar-refractivity contribution in [2.45, 2.75) is 44.1 Å². The SMILES string of the molecule is CN(CCC1CCCCO1)C(=O)C(Cc1ccco1)c1ccc(F)cc1. The van der Waals surface area contributed by atoms with Crippen molar-refractivity contribution in [3.63, 3.8) is 0 Å². The summed E-state index contributed by atoms with van der Waals surface area (Å²) in [5, 5.41) is 0. The standard InChI is InChI=1S/C21H26FNO3/c1-23(12-11-18-5-2-3-13-25-18)21(24)20(15-19-6-4-14-26-19)16-7-9-17(22)10-8-16/h4,6-10,14,18,20H,2-3,5,11-13,15H2,1H3. The largest absolute Gasteiger partial charge is 0.469 e. The number of furan rings is 1. The molecule has 5 heteroatoms. The fraction of sp³-hybridized carbons (Fsp3) is 0.476. The van der Waals surface area contributed by atoms with Crippen LogP contribution in [-0.2, 0) is 16.0 Å². The third kappa shape index (κ3) is 4.94. The molecule has 3 rings (SSSR count). The van der Waals surface area contributed by atoms with Crippen LogP contribution in [0.1, 0.15) is 42.9 Å². The summed E-state index contributed by atoms with van der Waals surface area (Å²) < 4.78 is 24.5. The highest BCUT2D eigenvalue weighted by atomic mass is 19.1. The quantitative estimate of drug-likeness (QED) is 0.745. The first-order valence-corrected chi connectivity index (χ1v) is 9.28. The van der Waals surface area contributed by atoms with Crippen molar-refractivity contribution >= 4 is 5.91 Å². The zero-order valence-electron chi connectivity index (χ0n) is 15.2. The second kappa shape index (κ2) is 8.99. The molecule has 2 heterocycles. The number of nitrogens with zero attached hydrogens (tertiary/aromatic N) is 1. The van der Waals surface area contributed by atoms with Gasteiger partial charge in [-0.2, -0.15) is 0 Å². The van der Waals surface area contributed by atoms with E-state index in [9.17, 15) is 9.18 Å². The first-order chi connectivity index (χ1) is 12.6. The van der Waals surface area contributed by atoms with Crippen LogP contribution in [0.3, 0.4) is 0 Å². The van der Waals surface area contributed by atoms with E-state index in [1.807, 2.05) is 19.2 Å². The average molecular weight is 359 g/mol. The highest BCUT2D eigenvalue weighted by Gasteiger charge is 2.26. The van der Waals surface area contributed by atoms with E-state index in [-0.39, 0.29) is 23.7 Å². The number of hydrogen-bond acceptors (Lipinski definition) is 3. The van der Waals surface area contributed by atoms with Crippen LogP contribution in [0.25, 0.3) is 0 Å². The minimum absolute atomic E-state index is 0.0174. The van der Waals surface area contributed by atoms with Crippen LogP contribution in [-0.4, -0.2) is 37.1 Å². The molecule has 0 spiro atoms. The molecule has 2 unspecified atom stereocenters. The maximum Gasteiger partial charge on any atom is 0.230 e. The lowest BCUT2D eigenvalue weighted by Gasteiger charge is -2.27. The summed E-state index contributed by atoms with van der Waals surface area (Å²) in [7, 11) is 1.82. The zero-order valence-corrected chi connectivity index (χ0v) is 15.2. The lowest BCUT2D eigenvalue weighted by Crippen LogP contribution is -2.35. The number of hydrogen-bond donors (Lipinski definition) is 0. The minimum Gasteiger partial charge on any atom is -0.469 e. The first kappa shape index (κ1) is 18.6. The summed E-state index contributed by atoms with van der Waals surface area (Å²) in [6.45, 7) is 1.47. The topological polar surface area (TPSA) is 42.7 Å². The van der Waals surface area contributed by atoms with E-state index in [1.54, 1.807) is 23.3 Å². The predicted molar refractivity (Wildman–Crippen MR) is 97.4 cm³/mol. The molecule has 1 fully saturated rings. The lowest BCUT2D eigenvalue weighted by molar-refractivity contribution is -0.132. The highest BCUT2D eigenvalue weighted by Crippen LogP contribution is 2.24. The molecule has 1 saturated heterocycles. The Kier molecular flexibility index (Phi) is 6.45. The van der Waals surface area contributed by atoms with Gasteiger partial charge in [0.1, 0.15) is 11.6 Å². The summed E-state index contributed by atoms with van der Waals surface area (Å²) >= 11 is 0. The second-order valence-corrected chi connectivity index (χ2v) is 6.92. The maximum absolute atomic E-state index is 13.3. The van der Waals surface area contributed by atoms with Gasteiger partial charge in [-0.05, 0) is 55.5 Å². The molecule has 1 aromatic carbocycles. The Balaban J connectivity index is 1.67. The molecule has 1 amide bonds. The molecule has 4 nitrogen and oxygen atoms in total. The van der Waals surface area contributed by atoms with Gasteiger partial charge in [0.25, 0.3) is 0 Å². The predicted octanol–water partition coefficient (Wildman–Crippen LogP) is 4.16. The van der Waals surface area contributed by atoms with Crippen molar-refractivity contribution in [1.82, 2.24) is 4.90 Å². The molecule has 0 N–H and O–H groups in total. The van der Waals surface area contributed by atoms with Gasteiger partial charge in [-0.1, -0.05) is 12.1 Å². The third-order valence-electron chi connectivity index (χ3n) is 4.99. The number of rotatable bonds is 7. The van der Waals surface area contributed by atoms with Crippen LogP contribution in [0.5, 0.6) is 0 Å². The van der Waals surface area contributed by atoms with E-state index in [0.29, 0.717) is 13.0 Å². The van der Waals surface area contributed by atoms with Crippen molar-refractivity contribution in [1.29, 1.82) is 0 Å². The molecule has 140 valence electrons. The molecule has 1 aliphatic heterocycles. The van der Waals surface area contributed by atoms with Gasteiger partial charge < -0.3 is 14.1 Å². The molecule has 1 aromatic heterocycles. The van der Waals surface area contributed by atoms with Crippen molar-refractivity contribution in [3.8, 4) is 0 Å². The van der Waals surface area contributed by atoms with Gasteiger partial charge in [0.15, 0.2) is 0 Å².